The normalized spacial score (nSPS) is 15.0. The van der Waals surface area contributed by atoms with Crippen LogP contribution in [-0.4, -0.2) is 52.8 Å². The molecule has 1 aromatic carbocycles. The van der Waals surface area contributed by atoms with Crippen molar-refractivity contribution in [2.45, 2.75) is 6.42 Å². The van der Waals surface area contributed by atoms with Crippen LogP contribution in [0.3, 0.4) is 0 Å². The molecule has 1 aromatic heterocycles. The Labute approximate surface area is 154 Å². The summed E-state index contributed by atoms with van der Waals surface area (Å²) >= 11 is 2.18. The Hall–Kier alpha value is -1.96. The third-order valence-corrected chi connectivity index (χ3v) is 5.02. The molecule has 0 spiro atoms. The van der Waals surface area contributed by atoms with Crippen LogP contribution in [-0.2, 0) is 0 Å². The summed E-state index contributed by atoms with van der Waals surface area (Å²) in [6.45, 7) is 2.42. The average molecular weight is 435 g/mol. The van der Waals surface area contributed by atoms with Crippen LogP contribution in [0.25, 0.3) is 0 Å². The number of rotatable bonds is 2. The predicted molar refractivity (Wildman–Crippen MR) is 99.8 cm³/mol. The molecule has 2 aromatic rings. The molecule has 1 aliphatic heterocycles. The van der Waals surface area contributed by atoms with E-state index in [1.54, 1.807) is 29.4 Å². The predicted octanol–water partition coefficient (Wildman–Crippen LogP) is 2.67. The molecule has 0 N–H and O–H groups in total. The molecule has 1 aliphatic rings. The highest BCUT2D eigenvalue weighted by atomic mass is 127. The molecule has 2 amide bonds. The van der Waals surface area contributed by atoms with Gasteiger partial charge in [0.05, 0.1) is 11.1 Å². The number of amides is 2. The van der Waals surface area contributed by atoms with E-state index >= 15 is 0 Å². The zero-order valence-electron chi connectivity index (χ0n) is 13.2. The minimum absolute atomic E-state index is 0.0216. The Morgan fingerprint density at radius 2 is 1.62 bits per heavy atom. The van der Waals surface area contributed by atoms with Gasteiger partial charge in [-0.3, -0.25) is 14.6 Å². The number of hydrogen-bond donors (Lipinski definition) is 0. The summed E-state index contributed by atoms with van der Waals surface area (Å²) < 4.78 is 0.952. The highest BCUT2D eigenvalue weighted by Crippen LogP contribution is 2.16. The molecule has 124 valence electrons. The molecule has 2 heterocycles. The number of aromatic nitrogens is 1. The van der Waals surface area contributed by atoms with Crippen molar-refractivity contribution in [2.24, 2.45) is 0 Å². The van der Waals surface area contributed by atoms with Crippen LogP contribution in [0.15, 0.2) is 48.8 Å². The van der Waals surface area contributed by atoms with Gasteiger partial charge in [0.1, 0.15) is 0 Å². The summed E-state index contributed by atoms with van der Waals surface area (Å²) in [6, 6.07) is 11.1. The van der Waals surface area contributed by atoms with Gasteiger partial charge in [-0.15, -0.1) is 0 Å². The van der Waals surface area contributed by atoms with Gasteiger partial charge < -0.3 is 9.80 Å². The van der Waals surface area contributed by atoms with Gasteiger partial charge >= 0.3 is 0 Å². The van der Waals surface area contributed by atoms with E-state index in [2.05, 4.69) is 27.6 Å². The van der Waals surface area contributed by atoms with Crippen LogP contribution < -0.4 is 0 Å². The van der Waals surface area contributed by atoms with Gasteiger partial charge in [0.15, 0.2) is 0 Å². The maximum Gasteiger partial charge on any atom is 0.255 e. The van der Waals surface area contributed by atoms with E-state index in [0.29, 0.717) is 31.7 Å². The fraction of sp³-hybridized carbons (Fsp3) is 0.278. The molecule has 3 rings (SSSR count). The van der Waals surface area contributed by atoms with Crippen LogP contribution in [0.4, 0.5) is 0 Å². The molecule has 0 unspecified atom stereocenters. The van der Waals surface area contributed by atoms with Crippen molar-refractivity contribution in [2.75, 3.05) is 26.2 Å². The summed E-state index contributed by atoms with van der Waals surface area (Å²) in [5, 5.41) is 0. The molecule has 0 radical (unpaired) electrons. The lowest BCUT2D eigenvalue weighted by Crippen LogP contribution is -2.37. The van der Waals surface area contributed by atoms with Gasteiger partial charge in [-0.2, -0.15) is 0 Å². The molecule has 1 saturated heterocycles. The summed E-state index contributed by atoms with van der Waals surface area (Å²) in [5.74, 6) is 0.0161. The van der Waals surface area contributed by atoms with E-state index in [0.717, 1.165) is 15.6 Å². The first-order valence-electron chi connectivity index (χ1n) is 7.90. The Bertz CT molecular complexity index is 736. The van der Waals surface area contributed by atoms with Crippen LogP contribution in [0.1, 0.15) is 27.1 Å². The summed E-state index contributed by atoms with van der Waals surface area (Å²) in [6.07, 6.45) is 4.02. The summed E-state index contributed by atoms with van der Waals surface area (Å²) in [5.41, 5.74) is 1.32. The molecular formula is C18H18IN3O2. The van der Waals surface area contributed by atoms with Gasteiger partial charge in [-0.25, -0.2) is 0 Å². The smallest absolute Gasteiger partial charge is 0.255 e. The summed E-state index contributed by atoms with van der Waals surface area (Å²) in [4.78, 5) is 32.9. The van der Waals surface area contributed by atoms with Crippen molar-refractivity contribution in [1.29, 1.82) is 0 Å². The van der Waals surface area contributed by atoms with Gasteiger partial charge in [-0.05, 0) is 53.3 Å². The largest absolute Gasteiger partial charge is 0.337 e. The molecule has 5 nitrogen and oxygen atoms in total. The number of nitrogens with zero attached hydrogens (tertiary/aromatic N) is 3. The average Bonchev–Trinajstić information content (AvgIpc) is 2.88. The zero-order chi connectivity index (χ0) is 16.9. The monoisotopic (exact) mass is 435 g/mol. The van der Waals surface area contributed by atoms with Gasteiger partial charge in [0, 0.05) is 42.1 Å². The van der Waals surface area contributed by atoms with Crippen molar-refractivity contribution < 1.29 is 9.59 Å². The third-order valence-electron chi connectivity index (χ3n) is 4.08. The van der Waals surface area contributed by atoms with Gasteiger partial charge in [-0.1, -0.05) is 12.1 Å². The molecule has 0 aliphatic carbocycles. The fourth-order valence-electron chi connectivity index (χ4n) is 2.80. The fourth-order valence-corrected chi connectivity index (χ4v) is 3.42. The van der Waals surface area contributed by atoms with Crippen LogP contribution >= 0.6 is 22.6 Å². The lowest BCUT2D eigenvalue weighted by molar-refractivity contribution is 0.0718. The van der Waals surface area contributed by atoms with E-state index in [9.17, 15) is 9.59 Å². The number of hydrogen-bond acceptors (Lipinski definition) is 3. The van der Waals surface area contributed by atoms with E-state index < -0.39 is 0 Å². The second-order valence-corrected chi connectivity index (χ2v) is 6.82. The van der Waals surface area contributed by atoms with Crippen molar-refractivity contribution in [3.63, 3.8) is 0 Å². The topological polar surface area (TPSA) is 53.5 Å². The lowest BCUT2D eigenvalue weighted by Gasteiger charge is -2.22. The number of pyridine rings is 1. The van der Waals surface area contributed by atoms with Crippen molar-refractivity contribution in [3.8, 4) is 0 Å². The quantitative estimate of drug-likeness (QED) is 0.682. The first-order chi connectivity index (χ1) is 11.7. The van der Waals surface area contributed by atoms with Gasteiger partial charge in [0.25, 0.3) is 11.8 Å². The van der Waals surface area contributed by atoms with E-state index in [1.165, 1.54) is 0 Å². The Kier molecular flexibility index (Phi) is 5.44. The number of benzene rings is 1. The minimum Gasteiger partial charge on any atom is -0.337 e. The molecule has 0 bridgehead atoms. The summed E-state index contributed by atoms with van der Waals surface area (Å²) in [7, 11) is 0. The van der Waals surface area contributed by atoms with E-state index in [1.807, 2.05) is 29.2 Å². The van der Waals surface area contributed by atoms with Crippen molar-refractivity contribution in [3.05, 3.63) is 63.5 Å². The first kappa shape index (κ1) is 16.9. The second-order valence-electron chi connectivity index (χ2n) is 5.66. The SMILES string of the molecule is O=C(c1cccnc1)N1CCCN(C(=O)c2ccccc2I)CC1. The Morgan fingerprint density at radius 1 is 0.917 bits per heavy atom. The lowest BCUT2D eigenvalue weighted by atomic mass is 10.2. The number of carbonyl (C=O) groups is 2. The minimum atomic E-state index is -0.0216. The first-order valence-corrected chi connectivity index (χ1v) is 8.98. The van der Waals surface area contributed by atoms with Crippen molar-refractivity contribution in [1.82, 2.24) is 14.8 Å². The van der Waals surface area contributed by atoms with E-state index in [-0.39, 0.29) is 11.8 Å². The van der Waals surface area contributed by atoms with Crippen LogP contribution in [0, 0.1) is 3.57 Å². The van der Waals surface area contributed by atoms with E-state index in [4.69, 9.17) is 0 Å². The maximum atomic E-state index is 12.7. The molecule has 0 saturated carbocycles. The zero-order valence-corrected chi connectivity index (χ0v) is 15.3. The third kappa shape index (κ3) is 3.75. The Balaban J connectivity index is 1.68. The van der Waals surface area contributed by atoms with Crippen LogP contribution in [0.2, 0.25) is 0 Å². The van der Waals surface area contributed by atoms with Crippen LogP contribution in [0.5, 0.6) is 0 Å². The maximum absolute atomic E-state index is 12.7. The highest BCUT2D eigenvalue weighted by molar-refractivity contribution is 14.1. The number of carbonyl (C=O) groups excluding carboxylic acids is 2. The standard InChI is InChI=1S/C18H18IN3O2/c19-16-7-2-1-6-15(16)18(24)22-10-4-9-21(11-12-22)17(23)14-5-3-8-20-13-14/h1-3,5-8,13H,4,9-12H2. The second kappa shape index (κ2) is 7.74. The molecule has 1 fully saturated rings. The molecular weight excluding hydrogens is 417 g/mol. The molecule has 0 atom stereocenters. The Morgan fingerprint density at radius 3 is 2.29 bits per heavy atom. The molecule has 6 heteroatoms. The highest BCUT2D eigenvalue weighted by Gasteiger charge is 2.24. The van der Waals surface area contributed by atoms with Gasteiger partial charge in [0.2, 0.25) is 0 Å². The number of halogens is 1. The molecule has 24 heavy (non-hydrogen) atoms. The van der Waals surface area contributed by atoms with Crippen molar-refractivity contribution >= 4 is 34.4 Å².